The van der Waals surface area contributed by atoms with Gasteiger partial charge in [0.05, 0.1) is 0 Å². The Morgan fingerprint density at radius 2 is 2.08 bits per heavy atom. The number of aldehydes is 1. The van der Waals surface area contributed by atoms with Crippen LogP contribution in [0.1, 0.15) is 44.9 Å². The fraction of sp³-hybridized carbons (Fsp3) is 0.750. The Bertz CT molecular complexity index is 163. The van der Waals surface area contributed by atoms with E-state index < -0.39 is 0 Å². The Hall–Kier alpha value is -0.590. The molecule has 1 fully saturated rings. The van der Waals surface area contributed by atoms with Gasteiger partial charge in [-0.25, -0.2) is 0 Å². The number of hydrogen-bond donors (Lipinski definition) is 0. The zero-order valence-corrected chi connectivity index (χ0v) is 8.37. The second kappa shape index (κ2) is 5.95. The van der Waals surface area contributed by atoms with E-state index in [0.717, 1.165) is 37.4 Å². The molecule has 1 saturated carbocycles. The average molecular weight is 180 g/mol. The number of allylic oxidation sites excluding steroid dienone is 1. The van der Waals surface area contributed by atoms with Gasteiger partial charge < -0.3 is 4.79 Å². The van der Waals surface area contributed by atoms with Gasteiger partial charge in [-0.05, 0) is 31.1 Å². The molecular formula is C12H20O. The first-order chi connectivity index (χ1) is 6.36. The molecule has 0 aromatic carbocycles. The van der Waals surface area contributed by atoms with E-state index in [1.807, 2.05) is 6.08 Å². The van der Waals surface area contributed by atoms with Crippen LogP contribution in [-0.2, 0) is 4.79 Å². The molecule has 1 aliphatic carbocycles. The summed E-state index contributed by atoms with van der Waals surface area (Å²) < 4.78 is 0. The lowest BCUT2D eigenvalue weighted by Gasteiger charge is -2.28. The molecule has 1 nitrogen and oxygen atoms in total. The van der Waals surface area contributed by atoms with Crippen LogP contribution in [0.5, 0.6) is 0 Å². The molecule has 0 aliphatic heterocycles. The Labute approximate surface area is 81.2 Å². The van der Waals surface area contributed by atoms with E-state index >= 15 is 0 Å². The highest BCUT2D eigenvalue weighted by atomic mass is 16.1. The molecule has 1 aliphatic rings. The summed E-state index contributed by atoms with van der Waals surface area (Å²) in [6.45, 7) is 3.79. The van der Waals surface area contributed by atoms with Crippen LogP contribution in [-0.4, -0.2) is 6.29 Å². The molecule has 2 unspecified atom stereocenters. The van der Waals surface area contributed by atoms with E-state index in [0.29, 0.717) is 0 Å². The van der Waals surface area contributed by atoms with Crippen LogP contribution in [0.2, 0.25) is 0 Å². The maximum Gasteiger partial charge on any atom is 0.120 e. The highest BCUT2D eigenvalue weighted by Crippen LogP contribution is 2.33. The summed E-state index contributed by atoms with van der Waals surface area (Å²) in [6.07, 6.45) is 11.5. The van der Waals surface area contributed by atoms with Gasteiger partial charge in [-0.2, -0.15) is 0 Å². The lowest BCUT2D eigenvalue weighted by Crippen LogP contribution is -2.15. The second-order valence-electron chi connectivity index (χ2n) is 4.17. The molecule has 0 amide bonds. The maximum absolute atomic E-state index is 10.2. The van der Waals surface area contributed by atoms with Crippen LogP contribution in [0, 0.1) is 11.8 Å². The van der Waals surface area contributed by atoms with Gasteiger partial charge in [0.1, 0.15) is 6.29 Å². The second-order valence-corrected chi connectivity index (χ2v) is 4.17. The van der Waals surface area contributed by atoms with Gasteiger partial charge in [-0.3, -0.25) is 0 Å². The first-order valence-electron chi connectivity index (χ1n) is 5.41. The summed E-state index contributed by atoms with van der Waals surface area (Å²) in [6, 6.07) is 0. The van der Waals surface area contributed by atoms with Gasteiger partial charge in [-0.15, -0.1) is 6.58 Å². The molecule has 2 atom stereocenters. The zero-order valence-electron chi connectivity index (χ0n) is 8.37. The van der Waals surface area contributed by atoms with Crippen molar-refractivity contribution in [3.8, 4) is 0 Å². The third kappa shape index (κ3) is 3.75. The number of hydrogen-bond acceptors (Lipinski definition) is 1. The molecular weight excluding hydrogens is 160 g/mol. The number of carbonyl (C=O) groups is 1. The van der Waals surface area contributed by atoms with Crippen LogP contribution in [0.15, 0.2) is 12.7 Å². The lowest BCUT2D eigenvalue weighted by molar-refractivity contribution is -0.108. The summed E-state index contributed by atoms with van der Waals surface area (Å²) in [5, 5.41) is 0. The fourth-order valence-corrected chi connectivity index (χ4v) is 2.42. The van der Waals surface area contributed by atoms with Crippen molar-refractivity contribution in [2.75, 3.05) is 0 Å². The van der Waals surface area contributed by atoms with Crippen molar-refractivity contribution < 1.29 is 4.79 Å². The molecule has 1 rings (SSSR count). The van der Waals surface area contributed by atoms with Gasteiger partial charge in [0.25, 0.3) is 0 Å². The molecule has 0 bridgehead atoms. The van der Waals surface area contributed by atoms with Crippen molar-refractivity contribution in [3.63, 3.8) is 0 Å². The van der Waals surface area contributed by atoms with Crippen molar-refractivity contribution in [2.45, 2.75) is 44.9 Å². The monoisotopic (exact) mass is 180 g/mol. The van der Waals surface area contributed by atoms with Crippen LogP contribution < -0.4 is 0 Å². The van der Waals surface area contributed by atoms with E-state index in [4.69, 9.17) is 0 Å². The van der Waals surface area contributed by atoms with Crippen LogP contribution >= 0.6 is 0 Å². The van der Waals surface area contributed by atoms with Crippen molar-refractivity contribution >= 4 is 6.29 Å². The van der Waals surface area contributed by atoms with E-state index in [2.05, 4.69) is 6.58 Å². The van der Waals surface area contributed by atoms with Gasteiger partial charge in [-0.1, -0.05) is 25.3 Å². The third-order valence-electron chi connectivity index (χ3n) is 3.08. The standard InChI is InChI=1S/C12H20O/c1-2-5-11-6-3-7-12(10-11)8-4-9-13/h2,9,11-12H,1,3-8,10H2. The van der Waals surface area contributed by atoms with E-state index in [-0.39, 0.29) is 0 Å². The minimum absolute atomic E-state index is 0.755. The summed E-state index contributed by atoms with van der Waals surface area (Å²) in [5.41, 5.74) is 0. The van der Waals surface area contributed by atoms with Gasteiger partial charge >= 0.3 is 0 Å². The molecule has 0 N–H and O–H groups in total. The molecule has 0 saturated heterocycles. The molecule has 0 aromatic heterocycles. The predicted octanol–water partition coefficient (Wildman–Crippen LogP) is 3.35. The normalized spacial score (nSPS) is 28.3. The summed E-state index contributed by atoms with van der Waals surface area (Å²) in [5.74, 6) is 1.66. The molecule has 0 aromatic rings. The van der Waals surface area contributed by atoms with Gasteiger partial charge in [0, 0.05) is 6.42 Å². The van der Waals surface area contributed by atoms with Crippen LogP contribution in [0.3, 0.4) is 0 Å². The van der Waals surface area contributed by atoms with Crippen LogP contribution in [0.4, 0.5) is 0 Å². The van der Waals surface area contributed by atoms with Crippen molar-refractivity contribution in [1.29, 1.82) is 0 Å². The average Bonchev–Trinajstić information content (AvgIpc) is 2.16. The van der Waals surface area contributed by atoms with Crippen molar-refractivity contribution in [1.82, 2.24) is 0 Å². The van der Waals surface area contributed by atoms with E-state index in [1.54, 1.807) is 0 Å². The highest BCUT2D eigenvalue weighted by molar-refractivity contribution is 5.49. The quantitative estimate of drug-likeness (QED) is 0.468. The third-order valence-corrected chi connectivity index (χ3v) is 3.08. The smallest absolute Gasteiger partial charge is 0.120 e. The highest BCUT2D eigenvalue weighted by Gasteiger charge is 2.20. The Balaban J connectivity index is 2.23. The summed E-state index contributed by atoms with van der Waals surface area (Å²) in [4.78, 5) is 10.2. The molecule has 13 heavy (non-hydrogen) atoms. The predicted molar refractivity (Wildman–Crippen MR) is 55.6 cm³/mol. The SMILES string of the molecule is C=CCC1CCCC(CCC=O)C1. The Morgan fingerprint density at radius 1 is 1.31 bits per heavy atom. The largest absolute Gasteiger partial charge is 0.303 e. The number of carbonyl (C=O) groups excluding carboxylic acids is 1. The van der Waals surface area contributed by atoms with Crippen LogP contribution in [0.25, 0.3) is 0 Å². The molecule has 0 heterocycles. The topological polar surface area (TPSA) is 17.1 Å². The minimum Gasteiger partial charge on any atom is -0.303 e. The Kier molecular flexibility index (Phi) is 4.81. The van der Waals surface area contributed by atoms with E-state index in [1.165, 1.54) is 25.7 Å². The zero-order chi connectivity index (χ0) is 9.52. The fourth-order valence-electron chi connectivity index (χ4n) is 2.42. The summed E-state index contributed by atoms with van der Waals surface area (Å²) in [7, 11) is 0. The van der Waals surface area contributed by atoms with Crippen molar-refractivity contribution in [3.05, 3.63) is 12.7 Å². The molecule has 1 heteroatoms. The molecule has 74 valence electrons. The summed E-state index contributed by atoms with van der Waals surface area (Å²) >= 11 is 0. The first-order valence-corrected chi connectivity index (χ1v) is 5.41. The minimum atomic E-state index is 0.755. The maximum atomic E-state index is 10.2. The Morgan fingerprint density at radius 3 is 2.77 bits per heavy atom. The number of rotatable bonds is 5. The van der Waals surface area contributed by atoms with E-state index in [9.17, 15) is 4.79 Å². The lowest BCUT2D eigenvalue weighted by atomic mass is 9.78. The van der Waals surface area contributed by atoms with Gasteiger partial charge in [0.2, 0.25) is 0 Å². The molecule has 0 spiro atoms. The van der Waals surface area contributed by atoms with Crippen molar-refractivity contribution in [2.24, 2.45) is 11.8 Å². The molecule has 0 radical (unpaired) electrons. The van der Waals surface area contributed by atoms with Gasteiger partial charge in [0.15, 0.2) is 0 Å². The first kappa shape index (κ1) is 10.5.